The van der Waals surface area contributed by atoms with Gasteiger partial charge >= 0.3 is 0 Å². The molecule has 2 rings (SSSR count). The quantitative estimate of drug-likeness (QED) is 0.880. The fourth-order valence-electron chi connectivity index (χ4n) is 1.19. The first-order valence-corrected chi connectivity index (χ1v) is 6.91. The molecule has 88 valence electrons. The first kappa shape index (κ1) is 11.6. The zero-order valence-electron chi connectivity index (χ0n) is 8.76. The molecular formula is C9H8N4O2S2. The molecule has 2 N–H and O–H groups in total. The van der Waals surface area contributed by atoms with Crippen LogP contribution in [0.5, 0.6) is 0 Å². The lowest BCUT2D eigenvalue weighted by Crippen LogP contribution is -2.13. The zero-order valence-corrected chi connectivity index (χ0v) is 10.4. The van der Waals surface area contributed by atoms with E-state index in [4.69, 9.17) is 5.26 Å². The highest BCUT2D eigenvalue weighted by molar-refractivity contribution is 7.92. The molecule has 2 aromatic rings. The number of aromatic nitrogens is 2. The summed E-state index contributed by atoms with van der Waals surface area (Å²) in [6, 6.07) is 3.47. The van der Waals surface area contributed by atoms with E-state index in [1.54, 1.807) is 18.4 Å². The minimum absolute atomic E-state index is 0.0210. The summed E-state index contributed by atoms with van der Waals surface area (Å²) in [4.78, 5) is 6.44. The van der Waals surface area contributed by atoms with Crippen molar-refractivity contribution in [1.82, 2.24) is 9.97 Å². The average Bonchev–Trinajstić information content (AvgIpc) is 2.86. The van der Waals surface area contributed by atoms with Crippen LogP contribution in [0.1, 0.15) is 11.4 Å². The van der Waals surface area contributed by atoms with Gasteiger partial charge in [-0.05, 0) is 18.4 Å². The number of anilines is 1. The van der Waals surface area contributed by atoms with Crippen molar-refractivity contribution in [3.63, 3.8) is 0 Å². The molecule has 0 radical (unpaired) electrons. The van der Waals surface area contributed by atoms with Gasteiger partial charge in [-0.15, -0.1) is 11.3 Å². The molecule has 6 nitrogen and oxygen atoms in total. The maximum absolute atomic E-state index is 11.9. The van der Waals surface area contributed by atoms with Gasteiger partial charge in [0.25, 0.3) is 10.0 Å². The maximum Gasteiger partial charge on any atom is 0.279 e. The molecule has 0 spiro atoms. The van der Waals surface area contributed by atoms with Crippen LogP contribution in [-0.2, 0) is 10.0 Å². The van der Waals surface area contributed by atoms with Crippen LogP contribution >= 0.6 is 11.3 Å². The number of imidazole rings is 1. The van der Waals surface area contributed by atoms with Crippen molar-refractivity contribution in [3.8, 4) is 6.07 Å². The molecule has 0 aromatic carbocycles. The second-order valence-electron chi connectivity index (χ2n) is 3.21. The molecule has 0 saturated carbocycles. The van der Waals surface area contributed by atoms with E-state index in [0.29, 0.717) is 16.4 Å². The number of thiophene rings is 1. The number of H-pyrrole nitrogens is 1. The average molecular weight is 268 g/mol. The summed E-state index contributed by atoms with van der Waals surface area (Å²) in [5, 5.41) is 10.7. The molecule has 0 saturated heterocycles. The van der Waals surface area contributed by atoms with Gasteiger partial charge in [-0.2, -0.15) is 13.7 Å². The van der Waals surface area contributed by atoms with Crippen LogP contribution in [0.2, 0.25) is 0 Å². The molecule has 0 amide bonds. The molecule has 17 heavy (non-hydrogen) atoms. The molecule has 8 heteroatoms. The van der Waals surface area contributed by atoms with E-state index in [9.17, 15) is 8.42 Å². The van der Waals surface area contributed by atoms with Crippen molar-refractivity contribution in [3.05, 3.63) is 29.0 Å². The van der Waals surface area contributed by atoms with Crippen LogP contribution in [0.15, 0.2) is 22.7 Å². The van der Waals surface area contributed by atoms with Crippen LogP contribution in [0, 0.1) is 18.3 Å². The van der Waals surface area contributed by atoms with Crippen LogP contribution in [0.25, 0.3) is 0 Å². The van der Waals surface area contributed by atoms with E-state index >= 15 is 0 Å². The van der Waals surface area contributed by atoms with Gasteiger partial charge in [0.15, 0.2) is 5.03 Å². The predicted octanol–water partition coefficient (Wildman–Crippen LogP) is 1.45. The molecular weight excluding hydrogens is 260 g/mol. The normalized spacial score (nSPS) is 11.1. The number of sulfonamides is 1. The number of hydrogen-bond donors (Lipinski definition) is 2. The first-order chi connectivity index (χ1) is 8.03. The number of rotatable bonds is 3. The molecule has 0 bridgehead atoms. The summed E-state index contributed by atoms with van der Waals surface area (Å²) < 4.78 is 26.1. The second kappa shape index (κ2) is 4.20. The topological polar surface area (TPSA) is 98.6 Å². The van der Waals surface area contributed by atoms with E-state index in [0.717, 1.165) is 11.3 Å². The van der Waals surface area contributed by atoms with Crippen LogP contribution in [-0.4, -0.2) is 18.4 Å². The summed E-state index contributed by atoms with van der Waals surface area (Å²) in [5.41, 5.74) is 0.301. The highest BCUT2D eigenvalue weighted by atomic mass is 32.2. The van der Waals surface area contributed by atoms with Crippen molar-refractivity contribution in [1.29, 1.82) is 5.26 Å². The van der Waals surface area contributed by atoms with E-state index in [1.165, 1.54) is 6.20 Å². The summed E-state index contributed by atoms with van der Waals surface area (Å²) in [6.07, 6.45) is 1.23. The Hall–Kier alpha value is -1.85. The minimum Gasteiger partial charge on any atom is -0.332 e. The van der Waals surface area contributed by atoms with Gasteiger partial charge in [0.2, 0.25) is 0 Å². The smallest absolute Gasteiger partial charge is 0.279 e. The van der Waals surface area contributed by atoms with Crippen molar-refractivity contribution in [2.24, 2.45) is 0 Å². The molecule has 0 aliphatic heterocycles. The summed E-state index contributed by atoms with van der Waals surface area (Å²) >= 11 is 1.16. The van der Waals surface area contributed by atoms with Gasteiger partial charge in [0.1, 0.15) is 16.9 Å². The maximum atomic E-state index is 11.9. The number of hydrogen-bond acceptors (Lipinski definition) is 5. The third-order valence-electron chi connectivity index (χ3n) is 1.98. The van der Waals surface area contributed by atoms with Gasteiger partial charge in [-0.1, -0.05) is 0 Å². The number of aryl methyl sites for hydroxylation is 1. The SMILES string of the molecule is Cc1ncc(S(=O)(=O)Nc2sccc2C#N)[nH]1. The Balaban J connectivity index is 2.34. The van der Waals surface area contributed by atoms with E-state index < -0.39 is 10.0 Å². The lowest BCUT2D eigenvalue weighted by molar-refractivity contribution is 0.598. The van der Waals surface area contributed by atoms with Gasteiger partial charge in [-0.3, -0.25) is 4.72 Å². The number of aromatic amines is 1. The Morgan fingerprint density at radius 3 is 2.94 bits per heavy atom. The highest BCUT2D eigenvalue weighted by Gasteiger charge is 2.18. The van der Waals surface area contributed by atoms with E-state index in [2.05, 4.69) is 14.7 Å². The minimum atomic E-state index is -3.70. The van der Waals surface area contributed by atoms with Gasteiger partial charge < -0.3 is 4.98 Å². The third-order valence-corrected chi connectivity index (χ3v) is 4.20. The van der Waals surface area contributed by atoms with E-state index in [-0.39, 0.29) is 5.03 Å². The van der Waals surface area contributed by atoms with Crippen molar-refractivity contribution in [2.45, 2.75) is 11.9 Å². The molecule has 0 unspecified atom stereocenters. The second-order valence-corrected chi connectivity index (χ2v) is 5.78. The third kappa shape index (κ3) is 2.30. The van der Waals surface area contributed by atoms with Gasteiger partial charge in [-0.25, -0.2) is 4.98 Å². The molecule has 2 heterocycles. The number of nitrogens with zero attached hydrogens (tertiary/aromatic N) is 2. The van der Waals surface area contributed by atoms with Crippen molar-refractivity contribution in [2.75, 3.05) is 4.72 Å². The largest absolute Gasteiger partial charge is 0.332 e. The van der Waals surface area contributed by atoms with Gasteiger partial charge in [0, 0.05) is 0 Å². The van der Waals surface area contributed by atoms with Crippen LogP contribution in [0.4, 0.5) is 5.00 Å². The molecule has 0 aliphatic carbocycles. The predicted molar refractivity (Wildman–Crippen MR) is 63.2 cm³/mol. The number of nitrogens with one attached hydrogen (secondary N) is 2. The lowest BCUT2D eigenvalue weighted by atomic mass is 10.4. The van der Waals surface area contributed by atoms with Crippen molar-refractivity contribution < 1.29 is 8.42 Å². The molecule has 0 aliphatic rings. The Bertz CT molecular complexity index is 678. The lowest BCUT2D eigenvalue weighted by Gasteiger charge is -2.03. The monoisotopic (exact) mass is 268 g/mol. The first-order valence-electron chi connectivity index (χ1n) is 4.55. The van der Waals surface area contributed by atoms with E-state index in [1.807, 2.05) is 6.07 Å². The Labute approximate surface area is 102 Å². The summed E-state index contributed by atoms with van der Waals surface area (Å²) in [6.45, 7) is 1.66. The van der Waals surface area contributed by atoms with Gasteiger partial charge in [0.05, 0.1) is 11.8 Å². The van der Waals surface area contributed by atoms with Crippen LogP contribution in [0.3, 0.4) is 0 Å². The fraction of sp³-hybridized carbons (Fsp3) is 0.111. The Kier molecular flexibility index (Phi) is 2.87. The molecule has 2 aromatic heterocycles. The standard InChI is InChI=1S/C9H8N4O2S2/c1-6-11-5-8(12-6)17(14,15)13-9-7(4-10)2-3-16-9/h2-3,5,13H,1H3,(H,11,12). The fourth-order valence-corrected chi connectivity index (χ4v) is 3.23. The van der Waals surface area contributed by atoms with Crippen LogP contribution < -0.4 is 4.72 Å². The number of nitriles is 1. The molecule has 0 atom stereocenters. The Morgan fingerprint density at radius 2 is 2.35 bits per heavy atom. The highest BCUT2D eigenvalue weighted by Crippen LogP contribution is 2.24. The zero-order chi connectivity index (χ0) is 12.5. The summed E-state index contributed by atoms with van der Waals surface area (Å²) in [5.74, 6) is 0.511. The van der Waals surface area contributed by atoms with Crippen molar-refractivity contribution >= 4 is 26.4 Å². The Morgan fingerprint density at radius 1 is 1.59 bits per heavy atom. The molecule has 0 fully saturated rings. The summed E-state index contributed by atoms with van der Waals surface area (Å²) in [7, 11) is -3.70.